The largest absolute Gasteiger partial charge is 0.322 e. The van der Waals surface area contributed by atoms with E-state index in [9.17, 15) is 8.42 Å². The van der Waals surface area contributed by atoms with Crippen LogP contribution in [0.3, 0.4) is 0 Å². The van der Waals surface area contributed by atoms with Crippen molar-refractivity contribution in [1.82, 2.24) is 4.72 Å². The van der Waals surface area contributed by atoms with Crippen molar-refractivity contribution in [3.8, 4) is 0 Å². The van der Waals surface area contributed by atoms with Gasteiger partial charge in [0.05, 0.1) is 17.0 Å². The minimum Gasteiger partial charge on any atom is -0.322 e. The minimum atomic E-state index is -3.75. The van der Waals surface area contributed by atoms with Crippen LogP contribution >= 0.6 is 0 Å². The first-order valence-electron chi connectivity index (χ1n) is 13.3. The van der Waals surface area contributed by atoms with Crippen molar-refractivity contribution in [3.05, 3.63) is 136 Å². The van der Waals surface area contributed by atoms with Gasteiger partial charge in [0.1, 0.15) is 0 Å². The Hall–Kier alpha value is -2.63. The maximum absolute atomic E-state index is 13.1. The molecule has 214 valence electrons. The summed E-state index contributed by atoms with van der Waals surface area (Å²) in [6, 6.07) is 29.2. The first kappa shape index (κ1) is 33.6. The molecule has 0 aliphatic heterocycles. The summed E-state index contributed by atoms with van der Waals surface area (Å²) in [7, 11) is -3.75. The third-order valence-electron chi connectivity index (χ3n) is 7.34. The number of hydrogen-bond acceptors (Lipinski definition) is 3. The minimum absolute atomic E-state index is 0. The quantitative estimate of drug-likeness (QED) is 0.212. The van der Waals surface area contributed by atoms with Gasteiger partial charge >= 0.3 is 0 Å². The molecule has 0 aliphatic rings. The summed E-state index contributed by atoms with van der Waals surface area (Å²) >= 11 is 0. The van der Waals surface area contributed by atoms with Gasteiger partial charge in [0, 0.05) is 19.5 Å². The molecule has 0 unspecified atom stereocenters. The van der Waals surface area contributed by atoms with Crippen LogP contribution in [0.5, 0.6) is 0 Å². The molecular formula is C34H42N2O2RuS. The molecular weight excluding hydrogens is 602 g/mol. The number of nitrogens with two attached hydrogens (primary N) is 1. The van der Waals surface area contributed by atoms with Crippen LogP contribution in [0.15, 0.2) is 102 Å². The van der Waals surface area contributed by atoms with Gasteiger partial charge in [0.15, 0.2) is 0 Å². The predicted molar refractivity (Wildman–Crippen MR) is 163 cm³/mol. The van der Waals surface area contributed by atoms with E-state index in [0.717, 1.165) is 16.7 Å². The van der Waals surface area contributed by atoms with Gasteiger partial charge in [0.25, 0.3) is 0 Å². The Bertz CT molecular complexity index is 1440. The van der Waals surface area contributed by atoms with Crippen molar-refractivity contribution < 1.29 is 27.9 Å². The van der Waals surface area contributed by atoms with Gasteiger partial charge < -0.3 is 5.73 Å². The van der Waals surface area contributed by atoms with Crippen molar-refractivity contribution in [1.29, 1.82) is 0 Å². The van der Waals surface area contributed by atoms with E-state index in [0.29, 0.717) is 0 Å². The fraction of sp³-hybridized carbons (Fsp3) is 0.294. The van der Waals surface area contributed by atoms with Crippen molar-refractivity contribution in [2.75, 3.05) is 0 Å². The molecule has 0 aromatic heterocycles. The van der Waals surface area contributed by atoms with Crippen molar-refractivity contribution in [2.24, 2.45) is 5.73 Å². The molecule has 0 amide bonds. The van der Waals surface area contributed by atoms with Gasteiger partial charge in [-0.15, -0.1) is 0 Å². The Morgan fingerprint density at radius 3 is 1.50 bits per heavy atom. The van der Waals surface area contributed by atoms with Gasteiger partial charge in [-0.2, -0.15) is 0 Å². The Labute approximate surface area is 254 Å². The second-order valence-corrected chi connectivity index (χ2v) is 12.9. The number of rotatable bonds is 6. The summed E-state index contributed by atoms with van der Waals surface area (Å²) in [6.07, 6.45) is 0. The molecule has 0 bridgehead atoms. The molecule has 0 spiro atoms. The third-order valence-corrected chi connectivity index (χ3v) is 8.80. The van der Waals surface area contributed by atoms with Crippen LogP contribution in [0.1, 0.15) is 71.8 Å². The zero-order chi connectivity index (χ0) is 28.8. The van der Waals surface area contributed by atoms with Crippen LogP contribution in [0.25, 0.3) is 0 Å². The first-order valence-corrected chi connectivity index (χ1v) is 14.8. The Morgan fingerprint density at radius 1 is 0.650 bits per heavy atom. The third kappa shape index (κ3) is 8.68. The van der Waals surface area contributed by atoms with E-state index in [2.05, 4.69) is 65.3 Å². The molecule has 4 aromatic rings. The molecule has 0 fully saturated rings. The second kappa shape index (κ2) is 14.3. The topological polar surface area (TPSA) is 72.2 Å². The fourth-order valence-electron chi connectivity index (χ4n) is 4.34. The smallest absolute Gasteiger partial charge is 0.241 e. The summed E-state index contributed by atoms with van der Waals surface area (Å²) < 4.78 is 29.1. The maximum atomic E-state index is 13.1. The molecule has 0 saturated heterocycles. The molecule has 3 N–H and O–H groups in total. The van der Waals surface area contributed by atoms with E-state index in [1.807, 2.05) is 72.8 Å². The molecule has 0 aliphatic carbocycles. The van der Waals surface area contributed by atoms with Gasteiger partial charge in [0.2, 0.25) is 10.0 Å². The number of hydrogen-bond donors (Lipinski definition) is 2. The summed E-state index contributed by atoms with van der Waals surface area (Å²) in [5.41, 5.74) is 14.9. The van der Waals surface area contributed by atoms with E-state index in [1.54, 1.807) is 12.1 Å². The Balaban J connectivity index is 0.000000431. The van der Waals surface area contributed by atoms with Crippen LogP contribution in [0.2, 0.25) is 0 Å². The summed E-state index contributed by atoms with van der Waals surface area (Å²) in [5, 5.41) is 0. The molecule has 6 heteroatoms. The van der Waals surface area contributed by atoms with Gasteiger partial charge in [-0.1, -0.05) is 106 Å². The monoisotopic (exact) mass is 644 g/mol. The molecule has 4 rings (SSSR count). The van der Waals surface area contributed by atoms with Gasteiger partial charge in [-0.05, 0) is 84.2 Å². The van der Waals surface area contributed by atoms with E-state index in [1.165, 1.54) is 22.3 Å². The second-order valence-electron chi connectivity index (χ2n) is 11.2. The Kier molecular flexibility index (Phi) is 12.0. The summed E-state index contributed by atoms with van der Waals surface area (Å²) in [5.74, 6) is 0. The van der Waals surface area contributed by atoms with E-state index in [4.69, 9.17) is 5.73 Å². The molecule has 0 saturated carbocycles. The van der Waals surface area contributed by atoms with Crippen LogP contribution in [-0.2, 0) is 34.9 Å². The number of benzene rings is 4. The first-order chi connectivity index (χ1) is 18.3. The Morgan fingerprint density at radius 2 is 1.07 bits per heavy atom. The summed E-state index contributed by atoms with van der Waals surface area (Å²) in [4.78, 5) is 0.228. The van der Waals surface area contributed by atoms with Crippen LogP contribution in [-0.4, -0.2) is 8.42 Å². The summed E-state index contributed by atoms with van der Waals surface area (Å²) in [6.45, 7) is 15.0. The van der Waals surface area contributed by atoms with Crippen molar-refractivity contribution in [3.63, 3.8) is 0 Å². The van der Waals surface area contributed by atoms with E-state index in [-0.39, 0.29) is 29.8 Å². The predicted octanol–water partition coefficient (Wildman–Crippen LogP) is 7.62. The average Bonchev–Trinajstić information content (AvgIpc) is 2.93. The maximum Gasteiger partial charge on any atom is 0.241 e. The van der Waals surface area contributed by atoms with Crippen LogP contribution < -0.4 is 10.5 Å². The molecule has 4 aromatic carbocycles. The van der Waals surface area contributed by atoms with Gasteiger partial charge in [-0.3, -0.25) is 0 Å². The SMILES string of the molecule is CC(C)(C)c1ccc(S(=O)(=O)N[C@H](c2ccccc2)[C@H](N)c2ccccc2)cc1.Cc1ccc(C)c(C)c1C.[Ru]. The molecule has 2 atom stereocenters. The van der Waals surface area contributed by atoms with E-state index < -0.39 is 22.1 Å². The average molecular weight is 644 g/mol. The normalized spacial score (nSPS) is 12.9. The zero-order valence-corrected chi connectivity index (χ0v) is 27.1. The number of sulfonamides is 1. The molecule has 4 nitrogen and oxygen atoms in total. The van der Waals surface area contributed by atoms with Crippen LogP contribution in [0.4, 0.5) is 0 Å². The van der Waals surface area contributed by atoms with Crippen molar-refractivity contribution in [2.45, 2.75) is 70.9 Å². The fourth-order valence-corrected chi connectivity index (χ4v) is 5.59. The number of nitrogens with one attached hydrogen (secondary N) is 1. The standard InChI is InChI=1S/C24H28N2O2S.C10H14.Ru/c1-24(2,3)20-14-16-21(17-15-20)29(27,28)26-23(19-12-8-5-9-13-19)22(25)18-10-6-4-7-11-18;1-7-5-6-8(2)10(4)9(7)3;/h4-17,22-23,26H,25H2,1-3H3;5-6H,1-4H3;/t22-,23-;;/m1../s1. The van der Waals surface area contributed by atoms with Gasteiger partial charge in [-0.25, -0.2) is 13.1 Å². The van der Waals surface area contributed by atoms with E-state index >= 15 is 0 Å². The molecule has 0 heterocycles. The van der Waals surface area contributed by atoms with Crippen molar-refractivity contribution >= 4 is 10.0 Å². The molecule has 0 radical (unpaired) electrons. The number of aryl methyl sites for hydroxylation is 2. The molecule has 40 heavy (non-hydrogen) atoms. The van der Waals surface area contributed by atoms with Crippen LogP contribution in [0, 0.1) is 27.7 Å². The zero-order valence-electron chi connectivity index (χ0n) is 24.5.